The first kappa shape index (κ1) is 14.5. The van der Waals surface area contributed by atoms with Crippen LogP contribution in [-0.2, 0) is 6.54 Å². The highest BCUT2D eigenvalue weighted by Crippen LogP contribution is 2.29. The van der Waals surface area contributed by atoms with Crippen LogP contribution in [0.1, 0.15) is 37.7 Å². The van der Waals surface area contributed by atoms with Gasteiger partial charge in [0.2, 0.25) is 0 Å². The van der Waals surface area contributed by atoms with Crippen LogP contribution in [-0.4, -0.2) is 30.1 Å². The summed E-state index contributed by atoms with van der Waals surface area (Å²) in [6.07, 6.45) is 6.50. The monoisotopic (exact) mass is 340 g/mol. The molecule has 1 saturated heterocycles. The smallest absolute Gasteiger partial charge is 0.124 e. The Morgan fingerprint density at radius 3 is 2.70 bits per heavy atom. The highest BCUT2D eigenvalue weighted by atomic mass is 79.9. The van der Waals surface area contributed by atoms with Gasteiger partial charge in [-0.05, 0) is 56.0 Å². The van der Waals surface area contributed by atoms with E-state index in [4.69, 9.17) is 0 Å². The number of hydrogen-bond donors (Lipinski definition) is 1. The van der Waals surface area contributed by atoms with Gasteiger partial charge in [-0.15, -0.1) is 0 Å². The number of nitrogens with one attached hydrogen (secondary N) is 1. The number of nitrogens with zero attached hydrogens (tertiary/aromatic N) is 1. The van der Waals surface area contributed by atoms with Crippen LogP contribution < -0.4 is 5.32 Å². The van der Waals surface area contributed by atoms with Gasteiger partial charge in [-0.25, -0.2) is 4.39 Å². The van der Waals surface area contributed by atoms with Crippen molar-refractivity contribution in [2.24, 2.45) is 0 Å². The molecule has 0 aromatic heterocycles. The quantitative estimate of drug-likeness (QED) is 0.879. The second-order valence-corrected chi connectivity index (χ2v) is 7.00. The summed E-state index contributed by atoms with van der Waals surface area (Å²) >= 11 is 3.38. The zero-order chi connectivity index (χ0) is 13.9. The molecule has 2 fully saturated rings. The summed E-state index contributed by atoms with van der Waals surface area (Å²) < 4.78 is 14.3. The molecule has 1 aromatic rings. The van der Waals surface area contributed by atoms with Gasteiger partial charge in [0.25, 0.3) is 0 Å². The third kappa shape index (κ3) is 4.03. The van der Waals surface area contributed by atoms with Crippen molar-refractivity contribution in [2.75, 3.05) is 13.1 Å². The molecule has 20 heavy (non-hydrogen) atoms. The van der Waals surface area contributed by atoms with E-state index in [1.54, 1.807) is 6.07 Å². The molecule has 1 atom stereocenters. The Bertz CT molecular complexity index is 436. The van der Waals surface area contributed by atoms with E-state index in [0.29, 0.717) is 12.1 Å². The lowest BCUT2D eigenvalue weighted by Crippen LogP contribution is -2.44. The average Bonchev–Trinajstić information content (AvgIpc) is 3.22. The first-order chi connectivity index (χ1) is 9.70. The Balaban J connectivity index is 1.64. The number of piperidine rings is 1. The summed E-state index contributed by atoms with van der Waals surface area (Å²) in [6.45, 7) is 3.10. The van der Waals surface area contributed by atoms with Crippen molar-refractivity contribution in [1.29, 1.82) is 0 Å². The predicted octanol–water partition coefficient (Wildman–Crippen LogP) is 3.69. The second-order valence-electron chi connectivity index (χ2n) is 6.09. The molecule has 2 aliphatic rings. The minimum absolute atomic E-state index is 0.152. The van der Waals surface area contributed by atoms with Crippen LogP contribution >= 0.6 is 15.9 Å². The fourth-order valence-corrected chi connectivity index (χ4v) is 3.59. The zero-order valence-corrected chi connectivity index (χ0v) is 13.3. The first-order valence-electron chi connectivity index (χ1n) is 7.63. The van der Waals surface area contributed by atoms with E-state index in [1.807, 2.05) is 6.07 Å². The third-order valence-electron chi connectivity index (χ3n) is 4.24. The summed E-state index contributed by atoms with van der Waals surface area (Å²) in [5.41, 5.74) is 1.07. The highest BCUT2D eigenvalue weighted by Gasteiger charge is 2.30. The number of halogens is 2. The van der Waals surface area contributed by atoms with E-state index in [-0.39, 0.29) is 5.82 Å². The molecule has 1 heterocycles. The van der Waals surface area contributed by atoms with Crippen molar-refractivity contribution in [3.8, 4) is 0 Å². The Labute approximate surface area is 128 Å². The lowest BCUT2D eigenvalue weighted by atomic mass is 10.0. The SMILES string of the molecule is Fc1cc(Br)cc(CN(CC2CCCCN2)C2CC2)c1. The highest BCUT2D eigenvalue weighted by molar-refractivity contribution is 9.10. The maximum Gasteiger partial charge on any atom is 0.124 e. The zero-order valence-electron chi connectivity index (χ0n) is 11.7. The molecule has 1 unspecified atom stereocenters. The van der Waals surface area contributed by atoms with Crippen molar-refractivity contribution in [3.05, 3.63) is 34.1 Å². The van der Waals surface area contributed by atoms with Gasteiger partial charge in [-0.3, -0.25) is 4.90 Å². The van der Waals surface area contributed by atoms with Crippen molar-refractivity contribution in [3.63, 3.8) is 0 Å². The number of hydrogen-bond acceptors (Lipinski definition) is 2. The van der Waals surface area contributed by atoms with Gasteiger partial charge < -0.3 is 5.32 Å². The Morgan fingerprint density at radius 1 is 1.20 bits per heavy atom. The van der Waals surface area contributed by atoms with Crippen LogP contribution in [0, 0.1) is 5.82 Å². The van der Waals surface area contributed by atoms with Crippen LogP contribution in [0.4, 0.5) is 4.39 Å². The Morgan fingerprint density at radius 2 is 2.05 bits per heavy atom. The summed E-state index contributed by atoms with van der Waals surface area (Å²) in [6, 6.07) is 6.54. The van der Waals surface area contributed by atoms with Gasteiger partial charge in [0.15, 0.2) is 0 Å². The molecular formula is C16H22BrFN2. The van der Waals surface area contributed by atoms with Crippen LogP contribution in [0.15, 0.2) is 22.7 Å². The minimum atomic E-state index is -0.152. The minimum Gasteiger partial charge on any atom is -0.313 e. The summed E-state index contributed by atoms with van der Waals surface area (Å²) in [5.74, 6) is -0.152. The van der Waals surface area contributed by atoms with E-state index >= 15 is 0 Å². The molecule has 0 radical (unpaired) electrons. The fourth-order valence-electron chi connectivity index (χ4n) is 3.08. The van der Waals surface area contributed by atoms with Crippen LogP contribution in [0.25, 0.3) is 0 Å². The Hall–Kier alpha value is -0.450. The molecule has 110 valence electrons. The molecule has 1 saturated carbocycles. The molecule has 3 rings (SSSR count). The van der Waals surface area contributed by atoms with Gasteiger partial charge in [0.1, 0.15) is 5.82 Å². The Kier molecular flexibility index (Phi) is 4.74. The van der Waals surface area contributed by atoms with Crippen molar-refractivity contribution < 1.29 is 4.39 Å². The van der Waals surface area contributed by atoms with Gasteiger partial charge in [-0.1, -0.05) is 22.4 Å². The second kappa shape index (κ2) is 6.54. The summed E-state index contributed by atoms with van der Waals surface area (Å²) in [5, 5.41) is 3.62. The number of rotatable bonds is 5. The van der Waals surface area contributed by atoms with Crippen LogP contribution in [0.3, 0.4) is 0 Å². The largest absolute Gasteiger partial charge is 0.313 e. The molecule has 1 aliphatic carbocycles. The molecule has 1 aromatic carbocycles. The lowest BCUT2D eigenvalue weighted by molar-refractivity contribution is 0.208. The fraction of sp³-hybridized carbons (Fsp3) is 0.625. The third-order valence-corrected chi connectivity index (χ3v) is 4.70. The normalized spacial score (nSPS) is 23.2. The van der Waals surface area contributed by atoms with E-state index in [0.717, 1.165) is 29.7 Å². The molecule has 0 bridgehead atoms. The van der Waals surface area contributed by atoms with Gasteiger partial charge in [0.05, 0.1) is 0 Å². The number of benzene rings is 1. The topological polar surface area (TPSA) is 15.3 Å². The molecular weight excluding hydrogens is 319 g/mol. The predicted molar refractivity (Wildman–Crippen MR) is 83.2 cm³/mol. The lowest BCUT2D eigenvalue weighted by Gasteiger charge is -2.30. The molecule has 1 aliphatic heterocycles. The van der Waals surface area contributed by atoms with E-state index < -0.39 is 0 Å². The average molecular weight is 341 g/mol. The van der Waals surface area contributed by atoms with Gasteiger partial charge in [-0.2, -0.15) is 0 Å². The molecule has 0 spiro atoms. The molecule has 0 amide bonds. The van der Waals surface area contributed by atoms with Crippen molar-refractivity contribution in [2.45, 2.75) is 50.7 Å². The summed E-state index contributed by atoms with van der Waals surface area (Å²) in [4.78, 5) is 2.53. The van der Waals surface area contributed by atoms with Gasteiger partial charge in [0, 0.05) is 29.6 Å². The maximum atomic E-state index is 13.5. The maximum absolute atomic E-state index is 13.5. The summed E-state index contributed by atoms with van der Waals surface area (Å²) in [7, 11) is 0. The molecule has 1 N–H and O–H groups in total. The van der Waals surface area contributed by atoms with E-state index in [2.05, 4.69) is 26.1 Å². The van der Waals surface area contributed by atoms with Gasteiger partial charge >= 0.3 is 0 Å². The van der Waals surface area contributed by atoms with Crippen LogP contribution in [0.5, 0.6) is 0 Å². The van der Waals surface area contributed by atoms with E-state index in [9.17, 15) is 4.39 Å². The molecule has 4 heteroatoms. The van der Waals surface area contributed by atoms with Crippen molar-refractivity contribution in [1.82, 2.24) is 10.2 Å². The van der Waals surface area contributed by atoms with Crippen molar-refractivity contribution >= 4 is 15.9 Å². The van der Waals surface area contributed by atoms with E-state index in [1.165, 1.54) is 38.2 Å². The first-order valence-corrected chi connectivity index (χ1v) is 8.42. The molecule has 2 nitrogen and oxygen atoms in total. The standard InChI is InChI=1S/C16H22BrFN2/c17-13-7-12(8-14(18)9-13)10-20(16-4-5-16)11-15-3-1-2-6-19-15/h7-9,15-16,19H,1-6,10-11H2. The van der Waals surface area contributed by atoms with Crippen LogP contribution in [0.2, 0.25) is 0 Å².